The summed E-state index contributed by atoms with van der Waals surface area (Å²) < 4.78 is -0.863. The number of halogens is 2. The van der Waals surface area contributed by atoms with E-state index < -0.39 is 9.87 Å². The van der Waals surface area contributed by atoms with Gasteiger partial charge in [-0.2, -0.15) is 0 Å². The summed E-state index contributed by atoms with van der Waals surface area (Å²) in [5.74, 6) is 0. The molecule has 16 heavy (non-hydrogen) atoms. The zero-order valence-corrected chi connectivity index (χ0v) is 9.87. The van der Waals surface area contributed by atoms with Crippen molar-refractivity contribution in [3.63, 3.8) is 0 Å². The van der Waals surface area contributed by atoms with Gasteiger partial charge >= 0.3 is 0 Å². The highest BCUT2D eigenvalue weighted by Gasteiger charge is 2.69. The molecule has 0 aromatic heterocycles. The van der Waals surface area contributed by atoms with Crippen LogP contribution in [0, 0.1) is 0 Å². The molecular weight excluding hydrogens is 245 g/mol. The number of hydrogen-bond acceptors (Lipinski definition) is 1. The lowest BCUT2D eigenvalue weighted by Crippen LogP contribution is -2.41. The Kier molecular flexibility index (Phi) is 1.92. The summed E-state index contributed by atoms with van der Waals surface area (Å²) in [5, 5.41) is 0. The van der Waals surface area contributed by atoms with Crippen molar-refractivity contribution < 1.29 is 4.79 Å². The third-order valence-electron chi connectivity index (χ3n) is 3.27. The van der Waals surface area contributed by atoms with Crippen molar-refractivity contribution in [2.45, 2.75) is 16.3 Å². The molecule has 1 fully saturated rings. The number of carbonyl (C=O) groups is 1. The van der Waals surface area contributed by atoms with E-state index in [2.05, 4.69) is 0 Å². The number of hydrogen-bond donors (Lipinski definition) is 0. The van der Waals surface area contributed by atoms with E-state index in [1.807, 2.05) is 36.4 Å². The zero-order chi connectivity index (χ0) is 11.4. The van der Waals surface area contributed by atoms with Gasteiger partial charge in [-0.3, -0.25) is 4.79 Å². The average Bonchev–Trinajstić information content (AvgIpc) is 2.81. The molecule has 3 rings (SSSR count). The Bertz CT molecular complexity index is 498. The van der Waals surface area contributed by atoms with E-state index >= 15 is 0 Å². The molecule has 1 spiro atoms. The van der Waals surface area contributed by atoms with Crippen LogP contribution in [0.25, 0.3) is 6.08 Å². The number of amides is 1. The minimum Gasteiger partial charge on any atom is -0.302 e. The lowest BCUT2D eigenvalue weighted by molar-refractivity contribution is -0.107. The van der Waals surface area contributed by atoms with Crippen molar-refractivity contribution in [2.24, 2.45) is 0 Å². The van der Waals surface area contributed by atoms with Gasteiger partial charge in [0.05, 0.1) is 5.69 Å². The molecule has 2 nitrogen and oxygen atoms in total. The van der Waals surface area contributed by atoms with E-state index in [4.69, 9.17) is 23.2 Å². The molecule has 0 bridgehead atoms. The normalized spacial score (nSPS) is 29.0. The zero-order valence-electron chi connectivity index (χ0n) is 8.36. The van der Waals surface area contributed by atoms with E-state index in [9.17, 15) is 4.79 Å². The van der Waals surface area contributed by atoms with Crippen LogP contribution in [0.3, 0.4) is 0 Å². The summed E-state index contributed by atoms with van der Waals surface area (Å²) in [7, 11) is 0. The van der Waals surface area contributed by atoms with Crippen molar-refractivity contribution in [2.75, 3.05) is 4.90 Å². The lowest BCUT2D eigenvalue weighted by atomic mass is 10.0. The number of anilines is 1. The van der Waals surface area contributed by atoms with Crippen LogP contribution in [0.2, 0.25) is 0 Å². The Morgan fingerprint density at radius 2 is 2.00 bits per heavy atom. The van der Waals surface area contributed by atoms with Gasteiger partial charge in [0.2, 0.25) is 6.41 Å². The predicted molar refractivity (Wildman–Crippen MR) is 65.8 cm³/mol. The summed E-state index contributed by atoms with van der Waals surface area (Å²) in [4.78, 5) is 12.9. The van der Waals surface area contributed by atoms with Crippen molar-refractivity contribution >= 4 is 41.4 Å². The summed E-state index contributed by atoms with van der Waals surface area (Å²) in [6.07, 6.45) is 5.27. The van der Waals surface area contributed by atoms with Gasteiger partial charge in [-0.1, -0.05) is 53.6 Å². The van der Waals surface area contributed by atoms with Crippen LogP contribution < -0.4 is 4.90 Å². The maximum absolute atomic E-state index is 11.2. The molecule has 2 aliphatic rings. The number of benzene rings is 1. The molecule has 1 atom stereocenters. The lowest BCUT2D eigenvalue weighted by Gasteiger charge is -2.32. The quantitative estimate of drug-likeness (QED) is 0.557. The number of para-hydroxylation sites is 1. The highest BCUT2D eigenvalue weighted by Crippen LogP contribution is 2.63. The first-order chi connectivity index (χ1) is 7.61. The third kappa shape index (κ3) is 1.12. The van der Waals surface area contributed by atoms with Crippen LogP contribution in [0.4, 0.5) is 5.69 Å². The first kappa shape index (κ1) is 10.2. The van der Waals surface area contributed by atoms with Gasteiger partial charge in [-0.15, -0.1) is 0 Å². The van der Waals surface area contributed by atoms with Gasteiger partial charge < -0.3 is 4.90 Å². The van der Waals surface area contributed by atoms with Crippen molar-refractivity contribution in [1.82, 2.24) is 0 Å². The summed E-state index contributed by atoms with van der Waals surface area (Å²) in [5.41, 5.74) is 1.33. The van der Waals surface area contributed by atoms with E-state index in [0.717, 1.165) is 17.7 Å². The molecule has 0 radical (unpaired) electrons. The molecule has 0 N–H and O–H groups in total. The minimum absolute atomic E-state index is 0.549. The van der Waals surface area contributed by atoms with Crippen LogP contribution in [-0.4, -0.2) is 16.3 Å². The van der Waals surface area contributed by atoms with E-state index in [1.165, 1.54) is 0 Å². The molecule has 1 saturated carbocycles. The molecule has 1 aliphatic carbocycles. The Labute approximate surface area is 103 Å². The number of alkyl halides is 2. The van der Waals surface area contributed by atoms with Crippen molar-refractivity contribution in [3.05, 3.63) is 35.9 Å². The first-order valence-electron chi connectivity index (χ1n) is 5.01. The SMILES string of the molecule is O=CN1c2ccccc2C=CC12CC2(Cl)Cl. The van der Waals surface area contributed by atoms with Gasteiger partial charge in [0, 0.05) is 6.42 Å². The summed E-state index contributed by atoms with van der Waals surface area (Å²) >= 11 is 12.3. The summed E-state index contributed by atoms with van der Waals surface area (Å²) in [6.45, 7) is 0. The second-order valence-electron chi connectivity index (χ2n) is 4.17. The molecule has 1 heterocycles. The van der Waals surface area contributed by atoms with Gasteiger partial charge in [-0.05, 0) is 11.6 Å². The smallest absolute Gasteiger partial charge is 0.215 e. The Hall–Kier alpha value is -0.990. The molecule has 4 heteroatoms. The molecule has 1 unspecified atom stereocenters. The fourth-order valence-corrected chi connectivity index (χ4v) is 2.97. The third-order valence-corrected chi connectivity index (χ3v) is 4.19. The largest absolute Gasteiger partial charge is 0.302 e. The number of nitrogens with zero attached hydrogens (tertiary/aromatic N) is 1. The van der Waals surface area contributed by atoms with Crippen LogP contribution in [0.1, 0.15) is 12.0 Å². The predicted octanol–water partition coefficient (Wildman–Crippen LogP) is 2.99. The van der Waals surface area contributed by atoms with Gasteiger partial charge in [-0.25, -0.2) is 0 Å². The molecular formula is C12H9Cl2NO. The van der Waals surface area contributed by atoms with Crippen LogP contribution in [-0.2, 0) is 4.79 Å². The van der Waals surface area contributed by atoms with Crippen LogP contribution in [0.5, 0.6) is 0 Å². The molecule has 82 valence electrons. The Morgan fingerprint density at radius 1 is 1.31 bits per heavy atom. The van der Waals surface area contributed by atoms with E-state index in [-0.39, 0.29) is 0 Å². The van der Waals surface area contributed by atoms with Crippen molar-refractivity contribution in [1.29, 1.82) is 0 Å². The van der Waals surface area contributed by atoms with E-state index in [1.54, 1.807) is 4.90 Å². The molecule has 1 aromatic carbocycles. The first-order valence-corrected chi connectivity index (χ1v) is 5.77. The molecule has 1 aliphatic heterocycles. The Balaban J connectivity index is 2.15. The maximum atomic E-state index is 11.2. The van der Waals surface area contributed by atoms with E-state index in [0.29, 0.717) is 6.42 Å². The fraction of sp³-hybridized carbons (Fsp3) is 0.250. The highest BCUT2D eigenvalue weighted by molar-refractivity contribution is 6.53. The monoisotopic (exact) mass is 253 g/mol. The number of rotatable bonds is 1. The summed E-state index contributed by atoms with van der Waals surface area (Å²) in [6, 6.07) is 7.69. The highest BCUT2D eigenvalue weighted by atomic mass is 35.5. The molecule has 1 amide bonds. The minimum atomic E-state index is -0.863. The molecule has 0 saturated heterocycles. The second-order valence-corrected chi connectivity index (χ2v) is 5.66. The van der Waals surface area contributed by atoms with Crippen molar-refractivity contribution in [3.8, 4) is 0 Å². The van der Waals surface area contributed by atoms with Gasteiger partial charge in [0.1, 0.15) is 9.87 Å². The van der Waals surface area contributed by atoms with Crippen LogP contribution >= 0.6 is 23.2 Å². The maximum Gasteiger partial charge on any atom is 0.215 e. The topological polar surface area (TPSA) is 20.3 Å². The number of fused-ring (bicyclic) bond motifs is 1. The standard InChI is InChI=1S/C12H9Cl2NO/c13-12(14)7-11(12)6-5-9-3-1-2-4-10(9)15(11)8-16/h1-6,8H,7H2. The Morgan fingerprint density at radius 3 is 2.62 bits per heavy atom. The second kappa shape index (κ2) is 3.02. The number of carbonyl (C=O) groups excluding carboxylic acids is 1. The van der Waals surface area contributed by atoms with Gasteiger partial charge in [0.15, 0.2) is 0 Å². The average molecular weight is 254 g/mol. The van der Waals surface area contributed by atoms with Gasteiger partial charge in [0.25, 0.3) is 0 Å². The van der Waals surface area contributed by atoms with Crippen LogP contribution in [0.15, 0.2) is 30.3 Å². The molecule has 1 aromatic rings. The fourth-order valence-electron chi connectivity index (χ4n) is 2.26.